The number of pyridine rings is 1. The van der Waals surface area contributed by atoms with E-state index in [9.17, 15) is 9.59 Å². The number of nitrogens with zero attached hydrogens (tertiary/aromatic N) is 2. The van der Waals surface area contributed by atoms with Crippen molar-refractivity contribution in [3.05, 3.63) is 88.6 Å². The molecule has 0 saturated carbocycles. The zero-order valence-corrected chi connectivity index (χ0v) is 19.8. The van der Waals surface area contributed by atoms with E-state index in [0.29, 0.717) is 22.4 Å². The molecule has 3 aromatic rings. The summed E-state index contributed by atoms with van der Waals surface area (Å²) >= 11 is 1.41. The first-order chi connectivity index (χ1) is 16.1. The Hall–Kier alpha value is -3.45. The van der Waals surface area contributed by atoms with Crippen LogP contribution < -0.4 is 5.32 Å². The van der Waals surface area contributed by atoms with Gasteiger partial charge in [-0.25, -0.2) is 9.78 Å². The number of benzene rings is 2. The van der Waals surface area contributed by atoms with E-state index in [0.717, 1.165) is 12.1 Å². The Morgan fingerprint density at radius 2 is 1.70 bits per heavy atom. The molecular formula is C26H27N3O3S. The molecule has 0 aliphatic heterocycles. The lowest BCUT2D eigenvalue weighted by atomic mass is 9.96. The Labute approximate surface area is 198 Å². The van der Waals surface area contributed by atoms with Gasteiger partial charge in [0, 0.05) is 17.5 Å². The topological polar surface area (TPSA) is 80.7 Å². The largest absolute Gasteiger partial charge is 0.462 e. The predicted octanol–water partition coefficient (Wildman–Crippen LogP) is 5.07. The molecule has 0 radical (unpaired) electrons. The minimum Gasteiger partial charge on any atom is -0.462 e. The molecule has 7 heteroatoms. The SMILES string of the molecule is CCOC(=O)c1c(NC=NC)nc(CCc2ccccc2)c(SC)c1C(=O)c1ccccc1. The number of anilines is 1. The molecule has 33 heavy (non-hydrogen) atoms. The maximum absolute atomic E-state index is 13.7. The Kier molecular flexibility index (Phi) is 8.78. The van der Waals surface area contributed by atoms with Gasteiger partial charge >= 0.3 is 5.97 Å². The van der Waals surface area contributed by atoms with Crippen LogP contribution in [0.1, 0.15) is 44.5 Å². The predicted molar refractivity (Wildman–Crippen MR) is 134 cm³/mol. The summed E-state index contributed by atoms with van der Waals surface area (Å²) in [5.74, 6) is -0.580. The molecule has 1 N–H and O–H groups in total. The smallest absolute Gasteiger partial charge is 0.342 e. The second kappa shape index (κ2) is 12.0. The Balaban J connectivity index is 2.21. The number of carbonyl (C=O) groups is 2. The average Bonchev–Trinajstić information content (AvgIpc) is 2.86. The summed E-state index contributed by atoms with van der Waals surface area (Å²) in [5.41, 5.74) is 2.83. The fourth-order valence-electron chi connectivity index (χ4n) is 3.50. The van der Waals surface area contributed by atoms with Crippen LogP contribution in [0.2, 0.25) is 0 Å². The molecular weight excluding hydrogens is 434 g/mol. The van der Waals surface area contributed by atoms with Crippen LogP contribution in [0.4, 0.5) is 5.82 Å². The Morgan fingerprint density at radius 3 is 2.30 bits per heavy atom. The summed E-state index contributed by atoms with van der Waals surface area (Å²) < 4.78 is 5.32. The lowest BCUT2D eigenvalue weighted by Gasteiger charge is -2.19. The summed E-state index contributed by atoms with van der Waals surface area (Å²) in [7, 11) is 1.61. The minimum absolute atomic E-state index is 0.124. The van der Waals surface area contributed by atoms with Crippen LogP contribution >= 0.6 is 11.8 Å². The molecule has 6 nitrogen and oxygen atoms in total. The number of aromatic nitrogens is 1. The molecule has 0 saturated heterocycles. The monoisotopic (exact) mass is 461 g/mol. The van der Waals surface area contributed by atoms with E-state index in [1.165, 1.54) is 23.7 Å². The second-order valence-electron chi connectivity index (χ2n) is 7.12. The number of thioether (sulfide) groups is 1. The van der Waals surface area contributed by atoms with E-state index in [1.54, 1.807) is 38.2 Å². The number of hydrogen-bond donors (Lipinski definition) is 1. The van der Waals surface area contributed by atoms with Crippen LogP contribution in [-0.4, -0.2) is 43.0 Å². The number of hydrogen-bond acceptors (Lipinski definition) is 6. The molecule has 3 rings (SSSR count). The van der Waals surface area contributed by atoms with E-state index < -0.39 is 5.97 Å². The van der Waals surface area contributed by atoms with Crippen molar-refractivity contribution in [2.45, 2.75) is 24.7 Å². The summed E-state index contributed by atoms with van der Waals surface area (Å²) in [6.07, 6.45) is 4.69. The number of ether oxygens (including phenoxy) is 1. The van der Waals surface area contributed by atoms with Crippen molar-refractivity contribution in [2.75, 3.05) is 25.2 Å². The zero-order valence-electron chi connectivity index (χ0n) is 19.0. The van der Waals surface area contributed by atoms with Gasteiger partial charge in [0.1, 0.15) is 11.4 Å². The summed E-state index contributed by atoms with van der Waals surface area (Å²) in [5, 5.41) is 2.97. The van der Waals surface area contributed by atoms with Gasteiger partial charge < -0.3 is 10.1 Å². The lowest BCUT2D eigenvalue weighted by Crippen LogP contribution is -2.20. The van der Waals surface area contributed by atoms with Crippen LogP contribution in [-0.2, 0) is 17.6 Å². The van der Waals surface area contributed by atoms with E-state index in [-0.39, 0.29) is 23.8 Å². The van der Waals surface area contributed by atoms with Gasteiger partial charge in [0.05, 0.1) is 24.2 Å². The van der Waals surface area contributed by atoms with Gasteiger partial charge in [-0.05, 0) is 31.6 Å². The lowest BCUT2D eigenvalue weighted by molar-refractivity contribution is 0.0524. The highest BCUT2D eigenvalue weighted by Crippen LogP contribution is 2.34. The summed E-state index contributed by atoms with van der Waals surface area (Å²) in [6.45, 7) is 1.91. The van der Waals surface area contributed by atoms with Crippen molar-refractivity contribution in [2.24, 2.45) is 4.99 Å². The molecule has 0 bridgehead atoms. The standard InChI is InChI=1S/C26H27N3O3S/c1-4-32-26(31)22-21(23(30)19-13-9-6-10-14-19)24(33-3)20(29-25(22)28-17-27-2)16-15-18-11-7-5-8-12-18/h5-14,17H,4,15-16H2,1-3H3,(H,27,28,29). The van der Waals surface area contributed by atoms with Crippen LogP contribution in [0.15, 0.2) is 70.6 Å². The molecule has 1 aromatic heterocycles. The van der Waals surface area contributed by atoms with Gasteiger partial charge in [0.15, 0.2) is 5.78 Å². The molecule has 0 atom stereocenters. The molecule has 170 valence electrons. The van der Waals surface area contributed by atoms with Crippen LogP contribution in [0.25, 0.3) is 0 Å². The summed E-state index contributed by atoms with van der Waals surface area (Å²) in [6, 6.07) is 19.0. The van der Waals surface area contributed by atoms with Gasteiger partial charge in [0.25, 0.3) is 0 Å². The van der Waals surface area contributed by atoms with E-state index in [1.807, 2.05) is 30.5 Å². The first-order valence-corrected chi connectivity index (χ1v) is 11.9. The number of carbonyl (C=O) groups excluding carboxylic acids is 2. The molecule has 0 spiro atoms. The van der Waals surface area contributed by atoms with Gasteiger partial charge in [-0.2, -0.15) is 0 Å². The third-order valence-electron chi connectivity index (χ3n) is 4.99. The minimum atomic E-state index is -0.596. The second-order valence-corrected chi connectivity index (χ2v) is 7.94. The van der Waals surface area contributed by atoms with Crippen molar-refractivity contribution in [3.63, 3.8) is 0 Å². The highest BCUT2D eigenvalue weighted by molar-refractivity contribution is 7.98. The van der Waals surface area contributed by atoms with Crippen LogP contribution in [0.3, 0.4) is 0 Å². The number of aryl methyl sites for hydroxylation is 2. The van der Waals surface area contributed by atoms with E-state index >= 15 is 0 Å². The van der Waals surface area contributed by atoms with Crippen molar-refractivity contribution < 1.29 is 14.3 Å². The highest BCUT2D eigenvalue weighted by Gasteiger charge is 2.29. The normalized spacial score (nSPS) is 10.9. The number of rotatable bonds is 10. The number of esters is 1. The van der Waals surface area contributed by atoms with Gasteiger partial charge in [-0.15, -0.1) is 11.8 Å². The third kappa shape index (κ3) is 5.87. The highest BCUT2D eigenvalue weighted by atomic mass is 32.2. The molecule has 1 heterocycles. The Bertz CT molecular complexity index is 1130. The zero-order chi connectivity index (χ0) is 23.6. The van der Waals surface area contributed by atoms with Gasteiger partial charge in [-0.3, -0.25) is 9.79 Å². The first kappa shape index (κ1) is 24.2. The van der Waals surface area contributed by atoms with Crippen molar-refractivity contribution in [1.29, 1.82) is 0 Å². The maximum atomic E-state index is 13.7. The van der Waals surface area contributed by atoms with Crippen molar-refractivity contribution >= 4 is 35.7 Å². The van der Waals surface area contributed by atoms with Crippen molar-refractivity contribution in [3.8, 4) is 0 Å². The number of ketones is 1. The van der Waals surface area contributed by atoms with Gasteiger partial charge in [-0.1, -0.05) is 60.7 Å². The Morgan fingerprint density at radius 1 is 1.03 bits per heavy atom. The first-order valence-electron chi connectivity index (χ1n) is 10.7. The van der Waals surface area contributed by atoms with E-state index in [4.69, 9.17) is 9.72 Å². The van der Waals surface area contributed by atoms with Crippen LogP contribution in [0.5, 0.6) is 0 Å². The molecule has 2 aromatic carbocycles. The average molecular weight is 462 g/mol. The van der Waals surface area contributed by atoms with Crippen molar-refractivity contribution in [1.82, 2.24) is 4.98 Å². The van der Waals surface area contributed by atoms with E-state index in [2.05, 4.69) is 22.4 Å². The fraction of sp³-hybridized carbons (Fsp3) is 0.231. The number of aliphatic imine (C=N–C) groups is 1. The maximum Gasteiger partial charge on any atom is 0.342 e. The van der Waals surface area contributed by atoms with Crippen LogP contribution in [0, 0.1) is 0 Å². The summed E-state index contributed by atoms with van der Waals surface area (Å²) in [4.78, 5) is 36.1. The fourth-order valence-corrected chi connectivity index (χ4v) is 4.28. The molecule has 0 fully saturated rings. The molecule has 0 aliphatic carbocycles. The third-order valence-corrected chi connectivity index (χ3v) is 5.84. The molecule has 0 unspecified atom stereocenters. The molecule has 0 aliphatic rings. The molecule has 0 amide bonds. The van der Waals surface area contributed by atoms with Gasteiger partial charge in [0.2, 0.25) is 0 Å². The quantitative estimate of drug-likeness (QED) is 0.149. The number of nitrogens with one attached hydrogen (secondary N) is 1.